The number of nitrogens with two attached hydrogens (primary N) is 1. The molecule has 0 saturated carbocycles. The molecule has 0 fully saturated rings. The second-order valence-corrected chi connectivity index (χ2v) is 6.16. The summed E-state index contributed by atoms with van der Waals surface area (Å²) in [7, 11) is 0. The number of aromatic nitrogens is 1. The van der Waals surface area contributed by atoms with Crippen molar-refractivity contribution in [2.45, 2.75) is 6.92 Å². The topological polar surface area (TPSA) is 50.9 Å². The summed E-state index contributed by atoms with van der Waals surface area (Å²) in [6.45, 7) is 1.97. The molecule has 3 rings (SSSR count). The molecule has 0 saturated heterocycles. The van der Waals surface area contributed by atoms with Crippen molar-refractivity contribution < 1.29 is 0 Å². The van der Waals surface area contributed by atoms with Crippen molar-refractivity contribution in [3.8, 4) is 0 Å². The molecule has 0 spiro atoms. The van der Waals surface area contributed by atoms with Crippen LogP contribution in [0.5, 0.6) is 0 Å². The second kappa shape index (κ2) is 5.54. The highest BCUT2D eigenvalue weighted by Crippen LogP contribution is 2.33. The van der Waals surface area contributed by atoms with Gasteiger partial charge < -0.3 is 11.1 Å². The third-order valence-electron chi connectivity index (χ3n) is 3.30. The summed E-state index contributed by atoms with van der Waals surface area (Å²) in [6, 6.07) is 11.7. The van der Waals surface area contributed by atoms with Crippen molar-refractivity contribution in [2.24, 2.45) is 0 Å². The van der Waals surface area contributed by atoms with Crippen molar-refractivity contribution in [2.75, 3.05) is 11.1 Å². The number of nitrogens with one attached hydrogen (secondary N) is 1. The van der Waals surface area contributed by atoms with Gasteiger partial charge in [0.15, 0.2) is 0 Å². The van der Waals surface area contributed by atoms with Gasteiger partial charge in [0.05, 0.1) is 23.1 Å². The number of nitrogens with zero attached hydrogens (tertiary/aromatic N) is 1. The molecule has 0 radical (unpaired) electrons. The Bertz CT molecular complexity index is 828. The molecule has 2 aromatic carbocycles. The van der Waals surface area contributed by atoms with Crippen molar-refractivity contribution in [1.82, 2.24) is 4.98 Å². The zero-order valence-corrected chi connectivity index (χ0v) is 13.7. The molecule has 106 valence electrons. The molecule has 0 aliphatic heterocycles. The maximum atomic E-state index is 6.17. The number of benzene rings is 2. The van der Waals surface area contributed by atoms with Gasteiger partial charge in [-0.05, 0) is 42.8 Å². The van der Waals surface area contributed by atoms with Crippen molar-refractivity contribution >= 4 is 55.5 Å². The van der Waals surface area contributed by atoms with Gasteiger partial charge in [-0.2, -0.15) is 0 Å². The average Bonchev–Trinajstić information content (AvgIpc) is 2.46. The average molecular weight is 363 g/mol. The standard InChI is InChI=1S/C16H13BrClN3/c1-9-2-4-11(7-13(9)18)21-16-12-6-10(17)3-5-15(12)20-8-14(16)19/h2-8H,19H2,1H3,(H,20,21). The molecule has 1 heterocycles. The predicted octanol–water partition coefficient (Wildman–Crippen LogP) is 5.28. The fraction of sp³-hybridized carbons (Fsp3) is 0.0625. The van der Waals surface area contributed by atoms with E-state index in [1.54, 1.807) is 6.20 Å². The van der Waals surface area contributed by atoms with Gasteiger partial charge in [-0.3, -0.25) is 4.98 Å². The Kier molecular flexibility index (Phi) is 3.74. The predicted molar refractivity (Wildman–Crippen MR) is 93.3 cm³/mol. The molecule has 5 heteroatoms. The Hall–Kier alpha value is -1.78. The van der Waals surface area contributed by atoms with Crippen LogP contribution in [0.25, 0.3) is 10.9 Å². The number of hydrogen-bond acceptors (Lipinski definition) is 3. The van der Waals surface area contributed by atoms with Crippen LogP contribution >= 0.6 is 27.5 Å². The lowest BCUT2D eigenvalue weighted by atomic mass is 10.1. The lowest BCUT2D eigenvalue weighted by molar-refractivity contribution is 1.40. The fourth-order valence-corrected chi connectivity index (χ4v) is 2.68. The highest BCUT2D eigenvalue weighted by molar-refractivity contribution is 9.10. The third kappa shape index (κ3) is 2.82. The minimum atomic E-state index is 0.595. The summed E-state index contributed by atoms with van der Waals surface area (Å²) < 4.78 is 0.979. The molecule has 3 aromatic rings. The van der Waals surface area contributed by atoms with E-state index >= 15 is 0 Å². The highest BCUT2D eigenvalue weighted by Gasteiger charge is 2.08. The van der Waals surface area contributed by atoms with E-state index < -0.39 is 0 Å². The molecule has 0 unspecified atom stereocenters. The largest absolute Gasteiger partial charge is 0.396 e. The minimum Gasteiger partial charge on any atom is -0.396 e. The Balaban J connectivity index is 2.12. The number of nitrogen functional groups attached to an aromatic ring is 1. The molecule has 1 aromatic heterocycles. The maximum absolute atomic E-state index is 6.17. The Morgan fingerprint density at radius 2 is 2.00 bits per heavy atom. The summed E-state index contributed by atoms with van der Waals surface area (Å²) in [5.74, 6) is 0. The van der Waals surface area contributed by atoms with Gasteiger partial charge in [-0.25, -0.2) is 0 Å². The van der Waals surface area contributed by atoms with Crippen LogP contribution in [0.1, 0.15) is 5.56 Å². The van der Waals surface area contributed by atoms with E-state index in [0.29, 0.717) is 5.69 Å². The lowest BCUT2D eigenvalue weighted by Crippen LogP contribution is -1.99. The van der Waals surface area contributed by atoms with Gasteiger partial charge in [0, 0.05) is 20.6 Å². The molecular formula is C16H13BrClN3. The zero-order valence-electron chi connectivity index (χ0n) is 11.3. The quantitative estimate of drug-likeness (QED) is 0.651. The molecule has 3 nitrogen and oxygen atoms in total. The molecule has 0 aliphatic carbocycles. The van der Waals surface area contributed by atoms with Crippen molar-refractivity contribution in [1.29, 1.82) is 0 Å². The van der Waals surface area contributed by atoms with Crippen LogP contribution in [0.3, 0.4) is 0 Å². The van der Waals surface area contributed by atoms with Crippen molar-refractivity contribution in [3.63, 3.8) is 0 Å². The zero-order chi connectivity index (χ0) is 15.0. The number of fused-ring (bicyclic) bond motifs is 1. The Labute approximate surface area is 136 Å². The van der Waals surface area contributed by atoms with Crippen LogP contribution in [-0.2, 0) is 0 Å². The Morgan fingerprint density at radius 1 is 1.19 bits per heavy atom. The highest BCUT2D eigenvalue weighted by atomic mass is 79.9. The smallest absolute Gasteiger partial charge is 0.0746 e. The van der Waals surface area contributed by atoms with Gasteiger partial charge in [0.1, 0.15) is 0 Å². The van der Waals surface area contributed by atoms with Crippen LogP contribution in [0.2, 0.25) is 5.02 Å². The van der Waals surface area contributed by atoms with E-state index in [1.165, 1.54) is 0 Å². The molecule has 0 aliphatic rings. The number of aryl methyl sites for hydroxylation is 1. The molecule has 0 atom stereocenters. The molecule has 0 bridgehead atoms. The maximum Gasteiger partial charge on any atom is 0.0746 e. The first kappa shape index (κ1) is 14.2. The van der Waals surface area contributed by atoms with E-state index in [2.05, 4.69) is 26.2 Å². The third-order valence-corrected chi connectivity index (χ3v) is 4.20. The lowest BCUT2D eigenvalue weighted by Gasteiger charge is -2.13. The molecule has 0 amide bonds. The van der Waals surface area contributed by atoms with Crippen molar-refractivity contribution in [3.05, 3.63) is 57.7 Å². The summed E-state index contributed by atoms with van der Waals surface area (Å²) in [4.78, 5) is 4.34. The van der Waals surface area contributed by atoms with E-state index in [-0.39, 0.29) is 0 Å². The van der Waals surface area contributed by atoms with Gasteiger partial charge in [0.25, 0.3) is 0 Å². The minimum absolute atomic E-state index is 0.595. The summed E-state index contributed by atoms with van der Waals surface area (Å²) in [5.41, 5.74) is 10.3. The number of halogens is 2. The first-order valence-corrected chi connectivity index (χ1v) is 7.58. The fourth-order valence-electron chi connectivity index (χ4n) is 2.13. The van der Waals surface area contributed by atoms with Crippen LogP contribution in [-0.4, -0.2) is 4.98 Å². The second-order valence-electron chi connectivity index (χ2n) is 4.84. The van der Waals surface area contributed by atoms with E-state index in [9.17, 15) is 0 Å². The van der Waals surface area contributed by atoms with Crippen LogP contribution in [0.4, 0.5) is 17.1 Å². The SMILES string of the molecule is Cc1ccc(Nc2c(N)cnc3ccc(Br)cc23)cc1Cl. The van der Waals surface area contributed by atoms with Gasteiger partial charge in [0.2, 0.25) is 0 Å². The molecule has 3 N–H and O–H groups in total. The number of hydrogen-bond donors (Lipinski definition) is 2. The van der Waals surface area contributed by atoms with Gasteiger partial charge in [-0.1, -0.05) is 33.6 Å². The normalized spacial score (nSPS) is 10.8. The Morgan fingerprint density at radius 3 is 2.76 bits per heavy atom. The van der Waals surface area contributed by atoms with E-state index in [1.807, 2.05) is 43.3 Å². The number of pyridine rings is 1. The molecule has 21 heavy (non-hydrogen) atoms. The van der Waals surface area contributed by atoms with E-state index in [4.69, 9.17) is 17.3 Å². The van der Waals surface area contributed by atoms with Gasteiger partial charge in [-0.15, -0.1) is 0 Å². The van der Waals surface area contributed by atoms with Crippen LogP contribution in [0, 0.1) is 6.92 Å². The van der Waals surface area contributed by atoms with Crippen LogP contribution < -0.4 is 11.1 Å². The monoisotopic (exact) mass is 361 g/mol. The number of anilines is 3. The summed E-state index contributed by atoms with van der Waals surface area (Å²) in [6.07, 6.45) is 1.66. The van der Waals surface area contributed by atoms with E-state index in [0.717, 1.165) is 37.3 Å². The van der Waals surface area contributed by atoms with Gasteiger partial charge >= 0.3 is 0 Å². The van der Waals surface area contributed by atoms with Crippen LogP contribution in [0.15, 0.2) is 47.1 Å². The first-order chi connectivity index (χ1) is 10.0. The summed E-state index contributed by atoms with van der Waals surface area (Å²) in [5, 5.41) is 5.02. The first-order valence-electron chi connectivity index (χ1n) is 6.41. The molecular weight excluding hydrogens is 350 g/mol. The number of rotatable bonds is 2. The summed E-state index contributed by atoms with van der Waals surface area (Å²) >= 11 is 9.65.